The molecule has 0 saturated carbocycles. The van der Waals surface area contributed by atoms with Crippen molar-refractivity contribution in [2.45, 2.75) is 20.8 Å². The molecule has 2 heterocycles. The van der Waals surface area contributed by atoms with Crippen LogP contribution in [-0.2, 0) is 24.9 Å². The minimum atomic E-state index is -0.125. The number of ketones is 1. The first-order valence-corrected chi connectivity index (χ1v) is 10.8. The summed E-state index contributed by atoms with van der Waals surface area (Å²) in [5.74, 6) is -0.0625. The van der Waals surface area contributed by atoms with Gasteiger partial charge in [-0.2, -0.15) is 0 Å². The number of carbonyl (C=O) groups is 1. The molecule has 2 bridgehead atoms. The molecule has 0 amide bonds. The van der Waals surface area contributed by atoms with Gasteiger partial charge in [-0.3, -0.25) is 4.79 Å². The number of fused-ring (bicyclic) bond motifs is 6. The van der Waals surface area contributed by atoms with Gasteiger partial charge in [0.25, 0.3) is 0 Å². The first-order valence-electron chi connectivity index (χ1n) is 10.8. The average molecular weight is 626 g/mol. The third-order valence-electron chi connectivity index (χ3n) is 5.41. The molecule has 3 aromatic carbocycles. The summed E-state index contributed by atoms with van der Waals surface area (Å²) in [6.45, 7) is 5.05. The molecule has 0 saturated heterocycles. The second kappa shape index (κ2) is 11.1. The fraction of sp³-hybridized carbons (Fsp3) is 0.103. The largest absolute Gasteiger partial charge is 0.512 e. The molecule has 0 unspecified atom stereocenters. The summed E-state index contributed by atoms with van der Waals surface area (Å²) in [5.41, 5.74) is 10.3. The van der Waals surface area contributed by atoms with E-state index in [2.05, 4.69) is 71.8 Å². The van der Waals surface area contributed by atoms with Gasteiger partial charge in [0.15, 0.2) is 5.78 Å². The van der Waals surface area contributed by atoms with Gasteiger partial charge in [-0.1, -0.05) is 54.1 Å². The van der Waals surface area contributed by atoms with Gasteiger partial charge in [0.2, 0.25) is 0 Å². The number of rotatable bonds is 2. The molecule has 5 heteroatoms. The number of anilines is 2. The number of aromatic nitrogens is 1. The van der Waals surface area contributed by atoms with Gasteiger partial charge in [-0.05, 0) is 61.0 Å². The maximum atomic E-state index is 10.0. The topological polar surface area (TPSA) is 62.2 Å². The number of aliphatic hydroxyl groups is 1. The van der Waals surface area contributed by atoms with Crippen LogP contribution in [0.1, 0.15) is 19.4 Å². The summed E-state index contributed by atoms with van der Waals surface area (Å²) < 4.78 is 0. The summed E-state index contributed by atoms with van der Waals surface area (Å²) in [6.07, 6.45) is 2.99. The Morgan fingerprint density at radius 1 is 0.912 bits per heavy atom. The Kier molecular flexibility index (Phi) is 8.17. The van der Waals surface area contributed by atoms with Gasteiger partial charge in [0.1, 0.15) is 0 Å². The maximum Gasteiger partial charge on any atom is 0.155 e. The summed E-state index contributed by atoms with van der Waals surface area (Å²) >= 11 is 0. The SMILES string of the molecule is CC(=O)/C=C(/C)O.Cc1c2cccc1-c1cc(-c3ccccn3)[c-]cc1Nc1ccccc1-2.[Ir]. The Morgan fingerprint density at radius 2 is 1.59 bits per heavy atom. The van der Waals surface area contributed by atoms with Crippen LogP contribution in [0.3, 0.4) is 0 Å². The standard InChI is InChI=1S/C24H17N2.C5H8O2.Ir/c1-16-18-8-6-9-19(16)21-15-17(22-10-4-5-14-25-22)12-13-24(21)26-23-11-3-2-7-20(18)23;1-4(6)3-5(2)7;/h2-11,13-15,26H,1H3;3,6H,1-2H3;/q-1;;/b;4-3-;. The van der Waals surface area contributed by atoms with E-state index in [0.29, 0.717) is 0 Å². The number of hydrogen-bond acceptors (Lipinski definition) is 4. The van der Waals surface area contributed by atoms with Crippen molar-refractivity contribution in [1.29, 1.82) is 0 Å². The molecule has 1 radical (unpaired) electrons. The Morgan fingerprint density at radius 3 is 2.24 bits per heavy atom. The number of aliphatic hydroxyl groups excluding tert-OH is 1. The number of nitrogens with one attached hydrogen (secondary N) is 1. The molecule has 1 aliphatic heterocycles. The number of benzene rings is 3. The van der Waals surface area contributed by atoms with Crippen LogP contribution in [0.15, 0.2) is 90.8 Å². The predicted molar refractivity (Wildman–Crippen MR) is 134 cm³/mol. The zero-order valence-corrected chi connectivity index (χ0v) is 21.6. The van der Waals surface area contributed by atoms with Crippen LogP contribution in [0.5, 0.6) is 0 Å². The molecule has 2 N–H and O–H groups in total. The number of carbonyl (C=O) groups excluding carboxylic acids is 1. The Bertz CT molecular complexity index is 1340. The normalized spacial score (nSPS) is 11.2. The summed E-state index contributed by atoms with van der Waals surface area (Å²) in [6, 6.07) is 28.6. The van der Waals surface area contributed by atoms with Gasteiger partial charge in [-0.15, -0.1) is 23.8 Å². The van der Waals surface area contributed by atoms with E-state index < -0.39 is 0 Å². The smallest absolute Gasteiger partial charge is 0.155 e. The van der Waals surface area contributed by atoms with Gasteiger partial charge in [-0.25, -0.2) is 0 Å². The van der Waals surface area contributed by atoms with E-state index in [1.807, 2.05) is 30.5 Å². The number of hydrogen-bond donors (Lipinski definition) is 2. The van der Waals surface area contributed by atoms with Gasteiger partial charge in [0.05, 0.1) is 5.76 Å². The number of para-hydroxylation sites is 1. The summed E-state index contributed by atoms with van der Waals surface area (Å²) in [7, 11) is 0. The third kappa shape index (κ3) is 5.50. The molecule has 5 rings (SSSR count). The summed E-state index contributed by atoms with van der Waals surface area (Å²) in [5, 5.41) is 12.0. The molecule has 0 atom stereocenters. The van der Waals surface area contributed by atoms with Gasteiger partial charge in [0, 0.05) is 43.6 Å². The minimum Gasteiger partial charge on any atom is -0.512 e. The van der Waals surface area contributed by atoms with E-state index in [0.717, 1.165) is 22.6 Å². The van der Waals surface area contributed by atoms with Crippen LogP contribution in [0.25, 0.3) is 33.5 Å². The molecule has 34 heavy (non-hydrogen) atoms. The Labute approximate surface area is 213 Å². The van der Waals surface area contributed by atoms with Crippen LogP contribution in [0, 0.1) is 13.0 Å². The van der Waals surface area contributed by atoms with Crippen molar-refractivity contribution in [2.75, 3.05) is 5.32 Å². The third-order valence-corrected chi connectivity index (χ3v) is 5.41. The van der Waals surface area contributed by atoms with Crippen LogP contribution >= 0.6 is 0 Å². The molecular formula is C29H25IrN2O2-. The van der Waals surface area contributed by atoms with Crippen LogP contribution in [-0.4, -0.2) is 15.9 Å². The Balaban J connectivity index is 0.000000357. The maximum absolute atomic E-state index is 10.0. The van der Waals surface area contributed by atoms with Gasteiger partial charge < -0.3 is 15.4 Å². The zero-order chi connectivity index (χ0) is 23.4. The minimum absolute atomic E-state index is 0. The molecule has 0 aliphatic carbocycles. The van der Waals surface area contributed by atoms with Crippen molar-refractivity contribution in [2.24, 2.45) is 0 Å². The van der Waals surface area contributed by atoms with Crippen molar-refractivity contribution >= 4 is 17.2 Å². The average Bonchev–Trinajstić information content (AvgIpc) is 2.80. The molecule has 173 valence electrons. The quantitative estimate of drug-likeness (QED) is 0.123. The molecular weight excluding hydrogens is 601 g/mol. The first-order chi connectivity index (χ1) is 15.9. The van der Waals surface area contributed by atoms with Crippen molar-refractivity contribution in [3.8, 4) is 33.5 Å². The number of pyridine rings is 1. The molecule has 1 aromatic heterocycles. The first kappa shape index (κ1) is 25.1. The monoisotopic (exact) mass is 626 g/mol. The van der Waals surface area contributed by atoms with E-state index in [4.69, 9.17) is 5.11 Å². The van der Waals surface area contributed by atoms with Crippen molar-refractivity contribution < 1.29 is 30.0 Å². The van der Waals surface area contributed by atoms with Crippen LogP contribution in [0.2, 0.25) is 0 Å². The second-order valence-electron chi connectivity index (χ2n) is 7.93. The Hall–Kier alpha value is -3.53. The molecule has 4 nitrogen and oxygen atoms in total. The van der Waals surface area contributed by atoms with Crippen molar-refractivity contribution in [3.63, 3.8) is 0 Å². The molecule has 0 fully saturated rings. The van der Waals surface area contributed by atoms with Crippen molar-refractivity contribution in [3.05, 3.63) is 102 Å². The van der Waals surface area contributed by atoms with E-state index in [-0.39, 0.29) is 31.6 Å². The number of nitrogens with zero attached hydrogens (tertiary/aromatic N) is 1. The van der Waals surface area contributed by atoms with E-state index in [9.17, 15) is 4.79 Å². The summed E-state index contributed by atoms with van der Waals surface area (Å²) in [4.78, 5) is 14.5. The molecule has 4 aromatic rings. The fourth-order valence-electron chi connectivity index (χ4n) is 3.97. The number of allylic oxidation sites excluding steroid dienone is 2. The van der Waals surface area contributed by atoms with E-state index in [1.54, 1.807) is 0 Å². The molecule has 1 aliphatic rings. The molecule has 0 spiro atoms. The van der Waals surface area contributed by atoms with Crippen molar-refractivity contribution in [1.82, 2.24) is 4.98 Å². The van der Waals surface area contributed by atoms with Crippen LogP contribution in [0.4, 0.5) is 11.4 Å². The van der Waals surface area contributed by atoms with Crippen LogP contribution < -0.4 is 5.32 Å². The predicted octanol–water partition coefficient (Wildman–Crippen LogP) is 7.28. The zero-order valence-electron chi connectivity index (χ0n) is 19.2. The van der Waals surface area contributed by atoms with E-state index >= 15 is 0 Å². The van der Waals surface area contributed by atoms with Gasteiger partial charge >= 0.3 is 0 Å². The second-order valence-corrected chi connectivity index (χ2v) is 7.93. The fourth-order valence-corrected chi connectivity index (χ4v) is 3.97. The van der Waals surface area contributed by atoms with E-state index in [1.165, 1.54) is 47.7 Å².